The SMILES string of the molecule is c1ccc(-c2nc(-c3ccccc3)nc(-c3ccc(-c4cccc5c4Oc4c(ccc6c(-c7ccccc7)nc7ccccc7c46)C54c5ccccc5-c5ccccc54)cc3)n2)cc1. The Morgan fingerprint density at radius 1 is 0.297 bits per heavy atom. The highest BCUT2D eigenvalue weighted by molar-refractivity contribution is 6.15. The van der Waals surface area contributed by atoms with E-state index in [0.717, 1.165) is 83.4 Å². The molecular formula is C59H36N4O. The van der Waals surface area contributed by atoms with Gasteiger partial charge in [0.2, 0.25) is 0 Å². The molecule has 9 aromatic carbocycles. The molecule has 0 saturated heterocycles. The van der Waals surface area contributed by atoms with Crippen LogP contribution in [0.2, 0.25) is 0 Å². The zero-order valence-corrected chi connectivity index (χ0v) is 34.5. The molecule has 0 bridgehead atoms. The van der Waals surface area contributed by atoms with Gasteiger partial charge in [0, 0.05) is 55.1 Å². The van der Waals surface area contributed by atoms with Crippen molar-refractivity contribution in [1.29, 1.82) is 0 Å². The highest BCUT2D eigenvalue weighted by atomic mass is 16.5. The first-order valence-electron chi connectivity index (χ1n) is 21.6. The van der Waals surface area contributed by atoms with Crippen molar-refractivity contribution in [3.63, 3.8) is 0 Å². The van der Waals surface area contributed by atoms with E-state index in [1.165, 1.54) is 22.3 Å². The lowest BCUT2D eigenvalue weighted by Gasteiger charge is -2.40. The summed E-state index contributed by atoms with van der Waals surface area (Å²) in [4.78, 5) is 20.3. The van der Waals surface area contributed by atoms with Gasteiger partial charge in [0.25, 0.3) is 0 Å². The van der Waals surface area contributed by atoms with E-state index >= 15 is 0 Å². The minimum Gasteiger partial charge on any atom is -0.455 e. The Bertz CT molecular complexity index is 3520. The molecule has 298 valence electrons. The number of hydrogen-bond donors (Lipinski definition) is 0. The van der Waals surface area contributed by atoms with E-state index < -0.39 is 5.41 Å². The summed E-state index contributed by atoms with van der Waals surface area (Å²) in [6.45, 7) is 0. The van der Waals surface area contributed by atoms with E-state index in [4.69, 9.17) is 24.7 Å². The van der Waals surface area contributed by atoms with Gasteiger partial charge in [-0.05, 0) is 33.9 Å². The van der Waals surface area contributed by atoms with Crippen LogP contribution >= 0.6 is 0 Å². The minimum absolute atomic E-state index is 0.610. The molecule has 1 aliphatic heterocycles. The largest absolute Gasteiger partial charge is 0.455 e. The molecule has 1 spiro atoms. The molecule has 2 aromatic heterocycles. The summed E-state index contributed by atoms with van der Waals surface area (Å²) >= 11 is 0. The van der Waals surface area contributed by atoms with Crippen LogP contribution in [-0.4, -0.2) is 19.9 Å². The van der Waals surface area contributed by atoms with Crippen molar-refractivity contribution in [3.8, 4) is 79.2 Å². The van der Waals surface area contributed by atoms with E-state index in [-0.39, 0.29) is 0 Å². The van der Waals surface area contributed by atoms with Gasteiger partial charge in [-0.15, -0.1) is 0 Å². The summed E-state index contributed by atoms with van der Waals surface area (Å²) < 4.78 is 7.58. The number of ether oxygens (including phenoxy) is 1. The van der Waals surface area contributed by atoms with Crippen LogP contribution in [0.15, 0.2) is 218 Å². The van der Waals surface area contributed by atoms with Crippen LogP contribution in [-0.2, 0) is 5.41 Å². The molecular weight excluding hydrogens is 781 g/mol. The van der Waals surface area contributed by atoms with Crippen molar-refractivity contribution >= 4 is 21.7 Å². The maximum atomic E-state index is 7.58. The fourth-order valence-electron chi connectivity index (χ4n) is 10.2. The summed E-state index contributed by atoms with van der Waals surface area (Å²) in [7, 11) is 0. The predicted octanol–water partition coefficient (Wildman–Crippen LogP) is 14.4. The number of nitrogens with zero attached hydrogens (tertiary/aromatic N) is 4. The number of para-hydroxylation sites is 2. The minimum atomic E-state index is -0.663. The van der Waals surface area contributed by atoms with E-state index in [2.05, 4.69) is 158 Å². The van der Waals surface area contributed by atoms with Crippen molar-refractivity contribution in [2.24, 2.45) is 0 Å². The Hall–Kier alpha value is -8.54. The van der Waals surface area contributed by atoms with Gasteiger partial charge in [-0.1, -0.05) is 212 Å². The van der Waals surface area contributed by atoms with Crippen molar-refractivity contribution in [3.05, 3.63) is 241 Å². The first-order valence-corrected chi connectivity index (χ1v) is 21.6. The second-order valence-corrected chi connectivity index (χ2v) is 16.4. The molecule has 0 fully saturated rings. The van der Waals surface area contributed by atoms with Gasteiger partial charge < -0.3 is 4.74 Å². The van der Waals surface area contributed by atoms with Crippen molar-refractivity contribution in [2.45, 2.75) is 5.41 Å². The Morgan fingerprint density at radius 2 is 0.766 bits per heavy atom. The molecule has 5 heteroatoms. The molecule has 0 unspecified atom stereocenters. The van der Waals surface area contributed by atoms with Crippen molar-refractivity contribution in [1.82, 2.24) is 19.9 Å². The highest BCUT2D eigenvalue weighted by Crippen LogP contribution is 2.64. The number of benzene rings is 9. The van der Waals surface area contributed by atoms with Gasteiger partial charge in [0.1, 0.15) is 11.5 Å². The summed E-state index contributed by atoms with van der Waals surface area (Å²) in [6.07, 6.45) is 0. The zero-order chi connectivity index (χ0) is 42.2. The second-order valence-electron chi connectivity index (χ2n) is 16.4. The van der Waals surface area contributed by atoms with Gasteiger partial charge in [-0.2, -0.15) is 0 Å². The molecule has 64 heavy (non-hydrogen) atoms. The van der Waals surface area contributed by atoms with Crippen molar-refractivity contribution < 1.29 is 4.74 Å². The molecule has 0 atom stereocenters. The van der Waals surface area contributed by atoms with E-state index in [1.807, 2.05) is 60.7 Å². The Kier molecular flexibility index (Phi) is 8.06. The molecule has 11 aromatic rings. The lowest BCUT2D eigenvalue weighted by molar-refractivity contribution is 0.444. The van der Waals surface area contributed by atoms with Gasteiger partial charge in [0.15, 0.2) is 17.5 Å². The van der Waals surface area contributed by atoms with Crippen molar-refractivity contribution in [2.75, 3.05) is 0 Å². The standard InChI is InChI=1S/C59H36N4O/c1-4-17-38(18-5-1)53-46-35-36-50-55(52(46)45-25-12-15-30-51(45)60-53)64-54-42(26-16-29-49(54)59(50)47-27-13-10-23-43(47)44-24-11-14-28-48(44)59)37-31-33-41(34-32-37)58-62-56(39-19-6-2-7-20-39)61-57(63-58)40-21-8-3-9-22-40/h1-36H. The third-order valence-electron chi connectivity index (χ3n) is 13.0. The first kappa shape index (κ1) is 36.1. The third-order valence-corrected chi connectivity index (χ3v) is 13.0. The molecule has 3 heterocycles. The summed E-state index contributed by atoms with van der Waals surface area (Å²) in [5.41, 5.74) is 14.2. The number of aromatic nitrogens is 4. The topological polar surface area (TPSA) is 60.8 Å². The third kappa shape index (κ3) is 5.37. The Labute approximate surface area is 370 Å². The van der Waals surface area contributed by atoms with Crippen LogP contribution < -0.4 is 4.74 Å². The highest BCUT2D eigenvalue weighted by Gasteiger charge is 2.52. The summed E-state index contributed by atoms with van der Waals surface area (Å²) in [6, 6.07) is 76.7. The van der Waals surface area contributed by atoms with Crippen LogP contribution in [0.25, 0.3) is 89.4 Å². The number of rotatable bonds is 5. The van der Waals surface area contributed by atoms with E-state index in [1.54, 1.807) is 0 Å². The maximum Gasteiger partial charge on any atom is 0.164 e. The first-order chi connectivity index (χ1) is 31.7. The molecule has 1 aliphatic carbocycles. The predicted molar refractivity (Wildman–Crippen MR) is 257 cm³/mol. The fraction of sp³-hybridized carbons (Fsp3) is 0.0169. The molecule has 0 radical (unpaired) electrons. The molecule has 0 saturated carbocycles. The average molecular weight is 817 g/mol. The Balaban J connectivity index is 1.05. The van der Waals surface area contributed by atoms with Crippen LogP contribution in [0.4, 0.5) is 0 Å². The normalized spacial score (nSPS) is 12.9. The quantitative estimate of drug-likeness (QED) is 0.162. The van der Waals surface area contributed by atoms with Crippen LogP contribution in [0.1, 0.15) is 22.3 Å². The smallest absolute Gasteiger partial charge is 0.164 e. The lowest BCUT2D eigenvalue weighted by Crippen LogP contribution is -2.32. The zero-order valence-electron chi connectivity index (χ0n) is 34.5. The summed E-state index contributed by atoms with van der Waals surface area (Å²) in [5, 5.41) is 3.15. The second kappa shape index (κ2) is 14.3. The molecule has 0 N–H and O–H groups in total. The fourth-order valence-corrected chi connectivity index (χ4v) is 10.2. The van der Waals surface area contributed by atoms with E-state index in [9.17, 15) is 0 Å². The van der Waals surface area contributed by atoms with Gasteiger partial charge in [-0.25, -0.2) is 19.9 Å². The van der Waals surface area contributed by atoms with E-state index in [0.29, 0.717) is 17.5 Å². The average Bonchev–Trinajstić information content (AvgIpc) is 3.67. The van der Waals surface area contributed by atoms with Crippen LogP contribution in [0.5, 0.6) is 11.5 Å². The van der Waals surface area contributed by atoms with Crippen LogP contribution in [0, 0.1) is 0 Å². The van der Waals surface area contributed by atoms with Gasteiger partial charge in [-0.3, -0.25) is 0 Å². The monoisotopic (exact) mass is 816 g/mol. The number of pyridine rings is 1. The van der Waals surface area contributed by atoms with Gasteiger partial charge >= 0.3 is 0 Å². The van der Waals surface area contributed by atoms with Crippen LogP contribution in [0.3, 0.4) is 0 Å². The number of hydrogen-bond acceptors (Lipinski definition) is 5. The molecule has 13 rings (SSSR count). The Morgan fingerprint density at radius 3 is 1.39 bits per heavy atom. The molecule has 2 aliphatic rings. The maximum absolute atomic E-state index is 7.58. The lowest BCUT2D eigenvalue weighted by atomic mass is 9.65. The summed E-state index contributed by atoms with van der Waals surface area (Å²) in [5.74, 6) is 3.56. The molecule has 5 nitrogen and oxygen atoms in total. The molecule has 0 amide bonds. The van der Waals surface area contributed by atoms with Gasteiger partial charge in [0.05, 0.1) is 16.6 Å². The number of fused-ring (bicyclic) bond motifs is 13.